The van der Waals surface area contributed by atoms with Gasteiger partial charge in [-0.1, -0.05) is 28.9 Å². The number of phenols is 1. The molecule has 14 heavy (non-hydrogen) atoms. The summed E-state index contributed by atoms with van der Waals surface area (Å²) in [5.74, 6) is 0.361. The smallest absolute Gasteiger partial charge is 0.195 e. The Morgan fingerprint density at radius 3 is 2.64 bits per heavy atom. The van der Waals surface area contributed by atoms with Gasteiger partial charge in [0.05, 0.1) is 5.56 Å². The predicted octanol–water partition coefficient (Wildman–Crippen LogP) is 2.28. The Balaban J connectivity index is 2.60. The lowest BCUT2D eigenvalue weighted by Gasteiger charge is -1.99. The average Bonchev–Trinajstić information content (AvgIpc) is 2.49. The molecule has 4 nitrogen and oxygen atoms in total. The number of nitrogens with two attached hydrogens (primary N) is 1. The lowest BCUT2D eigenvalue weighted by atomic mass is 10.1. The number of aromatic nitrogens is 1. The van der Waals surface area contributed by atoms with Crippen LogP contribution in [0.2, 0.25) is 5.15 Å². The van der Waals surface area contributed by atoms with Gasteiger partial charge in [0.15, 0.2) is 10.9 Å². The molecule has 0 bridgehead atoms. The van der Waals surface area contributed by atoms with Crippen molar-refractivity contribution >= 4 is 17.3 Å². The standard InChI is InChI=1S/C9H7ClN2O2/c10-9-7(11)8(14-12-9)5-3-1-2-4-6(5)13/h1-4,13H,11H2. The van der Waals surface area contributed by atoms with E-state index in [0.29, 0.717) is 5.56 Å². The van der Waals surface area contributed by atoms with Gasteiger partial charge in [-0.25, -0.2) is 0 Å². The fraction of sp³-hybridized carbons (Fsp3) is 0. The predicted molar refractivity (Wildman–Crippen MR) is 53.0 cm³/mol. The molecular formula is C9H7ClN2O2. The number of anilines is 1. The van der Waals surface area contributed by atoms with E-state index in [4.69, 9.17) is 21.9 Å². The summed E-state index contributed by atoms with van der Waals surface area (Å²) in [4.78, 5) is 0. The molecule has 0 saturated carbocycles. The van der Waals surface area contributed by atoms with E-state index >= 15 is 0 Å². The van der Waals surface area contributed by atoms with Gasteiger partial charge in [-0.05, 0) is 12.1 Å². The van der Waals surface area contributed by atoms with Crippen LogP contribution in [0.25, 0.3) is 11.3 Å². The Morgan fingerprint density at radius 2 is 2.07 bits per heavy atom. The van der Waals surface area contributed by atoms with Crippen molar-refractivity contribution in [3.63, 3.8) is 0 Å². The van der Waals surface area contributed by atoms with Crippen LogP contribution in [-0.2, 0) is 0 Å². The molecule has 0 unspecified atom stereocenters. The van der Waals surface area contributed by atoms with Gasteiger partial charge in [-0.15, -0.1) is 0 Å². The highest BCUT2D eigenvalue weighted by Gasteiger charge is 2.15. The SMILES string of the molecule is Nc1c(Cl)noc1-c1ccccc1O. The third kappa shape index (κ3) is 1.29. The Labute approximate surface area is 84.9 Å². The number of nitrogens with zero attached hydrogens (tertiary/aromatic N) is 1. The van der Waals surface area contributed by atoms with Crippen LogP contribution < -0.4 is 5.73 Å². The second kappa shape index (κ2) is 3.23. The molecule has 2 aromatic rings. The molecule has 0 radical (unpaired) electrons. The van der Waals surface area contributed by atoms with E-state index in [1.165, 1.54) is 6.07 Å². The first-order chi connectivity index (χ1) is 6.70. The molecule has 0 saturated heterocycles. The Bertz CT molecular complexity index is 468. The zero-order valence-corrected chi connectivity index (χ0v) is 7.82. The van der Waals surface area contributed by atoms with E-state index in [1.54, 1.807) is 18.2 Å². The Morgan fingerprint density at radius 1 is 1.36 bits per heavy atom. The molecule has 0 aliphatic rings. The first kappa shape index (κ1) is 8.90. The second-order valence-corrected chi connectivity index (χ2v) is 3.09. The summed E-state index contributed by atoms with van der Waals surface area (Å²) >= 11 is 5.62. The minimum Gasteiger partial charge on any atom is -0.507 e. The lowest BCUT2D eigenvalue weighted by molar-refractivity contribution is 0.427. The molecule has 5 heteroatoms. The molecule has 1 aromatic heterocycles. The molecule has 0 amide bonds. The van der Waals surface area contributed by atoms with Crippen molar-refractivity contribution in [3.8, 4) is 17.1 Å². The third-order valence-electron chi connectivity index (χ3n) is 1.83. The number of benzene rings is 1. The number of aromatic hydroxyl groups is 1. The molecule has 0 spiro atoms. The molecule has 2 rings (SSSR count). The molecule has 1 aromatic carbocycles. The van der Waals surface area contributed by atoms with Crippen molar-refractivity contribution in [3.05, 3.63) is 29.4 Å². The molecular weight excluding hydrogens is 204 g/mol. The summed E-state index contributed by atoms with van der Waals surface area (Å²) < 4.78 is 4.89. The van der Waals surface area contributed by atoms with Gasteiger partial charge in [-0.3, -0.25) is 0 Å². The molecule has 3 N–H and O–H groups in total. The van der Waals surface area contributed by atoms with E-state index in [-0.39, 0.29) is 22.4 Å². The van der Waals surface area contributed by atoms with Gasteiger partial charge < -0.3 is 15.4 Å². The van der Waals surface area contributed by atoms with Crippen LogP contribution in [0.15, 0.2) is 28.8 Å². The van der Waals surface area contributed by atoms with E-state index in [0.717, 1.165) is 0 Å². The van der Waals surface area contributed by atoms with Crippen LogP contribution in [0.4, 0.5) is 5.69 Å². The monoisotopic (exact) mass is 210 g/mol. The van der Waals surface area contributed by atoms with E-state index in [9.17, 15) is 5.11 Å². The number of para-hydroxylation sites is 1. The van der Waals surface area contributed by atoms with Crippen molar-refractivity contribution in [1.82, 2.24) is 5.16 Å². The van der Waals surface area contributed by atoms with Gasteiger partial charge in [0.25, 0.3) is 0 Å². The number of phenolic OH excluding ortho intramolecular Hbond substituents is 1. The molecule has 0 aliphatic heterocycles. The van der Waals surface area contributed by atoms with Crippen molar-refractivity contribution in [2.45, 2.75) is 0 Å². The summed E-state index contributed by atoms with van der Waals surface area (Å²) in [7, 11) is 0. The molecule has 1 heterocycles. The second-order valence-electron chi connectivity index (χ2n) is 2.73. The van der Waals surface area contributed by atoms with Crippen LogP contribution in [-0.4, -0.2) is 10.3 Å². The summed E-state index contributed by atoms with van der Waals surface area (Å²) in [6.07, 6.45) is 0. The minimum absolute atomic E-state index is 0.0759. The van der Waals surface area contributed by atoms with Crippen molar-refractivity contribution in [1.29, 1.82) is 0 Å². The van der Waals surface area contributed by atoms with Gasteiger partial charge in [0.1, 0.15) is 11.4 Å². The highest BCUT2D eigenvalue weighted by atomic mass is 35.5. The maximum atomic E-state index is 9.51. The van der Waals surface area contributed by atoms with Crippen LogP contribution in [0, 0.1) is 0 Å². The number of hydrogen-bond acceptors (Lipinski definition) is 4. The first-order valence-corrected chi connectivity index (χ1v) is 4.27. The molecule has 0 atom stereocenters. The van der Waals surface area contributed by atoms with Crippen molar-refractivity contribution < 1.29 is 9.63 Å². The number of nitrogen functional groups attached to an aromatic ring is 1. The largest absolute Gasteiger partial charge is 0.507 e. The van der Waals surface area contributed by atoms with E-state index < -0.39 is 0 Å². The highest BCUT2D eigenvalue weighted by Crippen LogP contribution is 2.35. The van der Waals surface area contributed by atoms with E-state index in [1.807, 2.05) is 0 Å². The maximum Gasteiger partial charge on any atom is 0.195 e. The third-order valence-corrected chi connectivity index (χ3v) is 2.11. The number of hydrogen-bond donors (Lipinski definition) is 2. The van der Waals surface area contributed by atoms with Crippen LogP contribution in [0.5, 0.6) is 5.75 Å². The maximum absolute atomic E-state index is 9.51. The Hall–Kier alpha value is -1.68. The topological polar surface area (TPSA) is 72.3 Å². The zero-order valence-electron chi connectivity index (χ0n) is 7.07. The lowest BCUT2D eigenvalue weighted by Crippen LogP contribution is -1.86. The molecule has 0 aliphatic carbocycles. The van der Waals surface area contributed by atoms with Crippen molar-refractivity contribution in [2.24, 2.45) is 0 Å². The summed E-state index contributed by atoms with van der Waals surface area (Å²) in [6, 6.07) is 6.66. The number of rotatable bonds is 1. The van der Waals surface area contributed by atoms with Crippen molar-refractivity contribution in [2.75, 3.05) is 5.73 Å². The van der Waals surface area contributed by atoms with E-state index in [2.05, 4.69) is 5.16 Å². The van der Waals surface area contributed by atoms with Gasteiger partial charge in [0, 0.05) is 0 Å². The minimum atomic E-state index is 0.0759. The van der Waals surface area contributed by atoms with Gasteiger partial charge in [-0.2, -0.15) is 0 Å². The Kier molecular flexibility index (Phi) is 2.05. The van der Waals surface area contributed by atoms with Gasteiger partial charge in [0.2, 0.25) is 0 Å². The summed E-state index contributed by atoms with van der Waals surface area (Å²) in [5, 5.41) is 13.1. The molecule has 0 fully saturated rings. The van der Waals surface area contributed by atoms with Crippen LogP contribution in [0.1, 0.15) is 0 Å². The van der Waals surface area contributed by atoms with Gasteiger partial charge >= 0.3 is 0 Å². The zero-order chi connectivity index (χ0) is 10.1. The fourth-order valence-corrected chi connectivity index (χ4v) is 1.26. The quantitative estimate of drug-likeness (QED) is 0.758. The van der Waals surface area contributed by atoms with Crippen LogP contribution in [0.3, 0.4) is 0 Å². The normalized spacial score (nSPS) is 10.4. The average molecular weight is 211 g/mol. The summed E-state index contributed by atoms with van der Waals surface area (Å²) in [5.41, 5.74) is 6.31. The number of halogens is 1. The highest BCUT2D eigenvalue weighted by molar-refractivity contribution is 6.32. The summed E-state index contributed by atoms with van der Waals surface area (Å²) in [6.45, 7) is 0. The molecule has 72 valence electrons. The first-order valence-electron chi connectivity index (χ1n) is 3.89. The van der Waals surface area contributed by atoms with Crippen LogP contribution >= 0.6 is 11.6 Å². The fourth-order valence-electron chi connectivity index (χ4n) is 1.14.